The maximum atomic E-state index is 12.2. The molecule has 0 saturated heterocycles. The molecule has 0 atom stereocenters. The largest absolute Gasteiger partial charge is 0.384 e. The molecular formula is C15H21NO3S. The van der Waals surface area contributed by atoms with Gasteiger partial charge in [-0.15, -0.1) is 0 Å². The second-order valence-corrected chi connectivity index (χ2v) is 7.10. The van der Waals surface area contributed by atoms with E-state index in [0.29, 0.717) is 12.1 Å². The molecule has 0 aliphatic rings. The fourth-order valence-electron chi connectivity index (χ4n) is 1.38. The molecule has 0 aromatic heterocycles. The predicted octanol–water partition coefficient (Wildman–Crippen LogP) is 1.74. The molecule has 4 nitrogen and oxygen atoms in total. The van der Waals surface area contributed by atoms with Crippen molar-refractivity contribution in [1.82, 2.24) is 4.72 Å². The molecule has 0 aliphatic heterocycles. The number of rotatable bonds is 5. The summed E-state index contributed by atoms with van der Waals surface area (Å²) in [6, 6.07) is 6.38. The Morgan fingerprint density at radius 2 is 2.05 bits per heavy atom. The third kappa shape index (κ3) is 4.97. The molecule has 20 heavy (non-hydrogen) atoms. The highest BCUT2D eigenvalue weighted by molar-refractivity contribution is 7.89. The normalized spacial score (nSPS) is 11.8. The van der Waals surface area contributed by atoms with Crippen molar-refractivity contribution in [3.63, 3.8) is 0 Å². The average Bonchev–Trinajstić information content (AvgIpc) is 2.43. The third-order valence-corrected chi connectivity index (χ3v) is 4.55. The van der Waals surface area contributed by atoms with Crippen LogP contribution >= 0.6 is 0 Å². The van der Waals surface area contributed by atoms with Gasteiger partial charge in [-0.05, 0) is 30.0 Å². The van der Waals surface area contributed by atoms with Crippen molar-refractivity contribution in [1.29, 1.82) is 0 Å². The zero-order valence-corrected chi connectivity index (χ0v) is 12.9. The van der Waals surface area contributed by atoms with Crippen molar-refractivity contribution in [2.45, 2.75) is 32.1 Å². The van der Waals surface area contributed by atoms with Gasteiger partial charge in [0.2, 0.25) is 10.0 Å². The van der Waals surface area contributed by atoms with Gasteiger partial charge in [0.15, 0.2) is 0 Å². The van der Waals surface area contributed by atoms with E-state index in [2.05, 4.69) is 16.6 Å². The monoisotopic (exact) mass is 295 g/mol. The first-order valence-corrected chi connectivity index (χ1v) is 7.98. The second kappa shape index (κ2) is 6.89. The van der Waals surface area contributed by atoms with Crippen LogP contribution in [0.1, 0.15) is 32.8 Å². The van der Waals surface area contributed by atoms with Crippen LogP contribution in [0.5, 0.6) is 0 Å². The highest BCUT2D eigenvalue weighted by Gasteiger charge is 2.20. The molecule has 1 rings (SSSR count). The van der Waals surface area contributed by atoms with Crippen molar-refractivity contribution < 1.29 is 13.5 Å². The molecule has 0 aliphatic carbocycles. The summed E-state index contributed by atoms with van der Waals surface area (Å²) in [6.07, 6.45) is 0.886. The number of aliphatic hydroxyl groups is 1. The predicted molar refractivity (Wildman–Crippen MR) is 79.7 cm³/mol. The highest BCUT2D eigenvalue weighted by atomic mass is 32.2. The van der Waals surface area contributed by atoms with Gasteiger partial charge in [-0.3, -0.25) is 0 Å². The summed E-state index contributed by atoms with van der Waals surface area (Å²) in [5.74, 6) is 5.20. The van der Waals surface area contributed by atoms with Gasteiger partial charge < -0.3 is 5.11 Å². The zero-order valence-electron chi connectivity index (χ0n) is 12.1. The van der Waals surface area contributed by atoms with E-state index in [-0.39, 0.29) is 16.9 Å². The Bertz CT molecular complexity index is 609. The summed E-state index contributed by atoms with van der Waals surface area (Å²) in [6.45, 7) is 6.19. The van der Waals surface area contributed by atoms with Crippen molar-refractivity contribution in [3.8, 4) is 11.8 Å². The van der Waals surface area contributed by atoms with E-state index >= 15 is 0 Å². The van der Waals surface area contributed by atoms with Gasteiger partial charge in [-0.2, -0.15) is 0 Å². The van der Waals surface area contributed by atoms with Crippen LogP contribution in [0, 0.1) is 17.3 Å². The van der Waals surface area contributed by atoms with Gasteiger partial charge in [0.05, 0.1) is 4.90 Å². The molecule has 0 amide bonds. The fraction of sp³-hybridized carbons (Fsp3) is 0.467. The minimum Gasteiger partial charge on any atom is -0.384 e. The summed E-state index contributed by atoms with van der Waals surface area (Å²) >= 11 is 0. The lowest BCUT2D eigenvalue weighted by Gasteiger charge is -2.22. The van der Waals surface area contributed by atoms with Gasteiger partial charge in [-0.1, -0.05) is 38.7 Å². The summed E-state index contributed by atoms with van der Waals surface area (Å²) in [5.41, 5.74) is 0.484. The van der Waals surface area contributed by atoms with Crippen LogP contribution in [0.3, 0.4) is 0 Å². The van der Waals surface area contributed by atoms with E-state index in [0.717, 1.165) is 6.42 Å². The van der Waals surface area contributed by atoms with E-state index in [1.54, 1.807) is 12.1 Å². The first-order chi connectivity index (χ1) is 9.30. The molecule has 1 aromatic rings. The standard InChI is InChI=1S/C15H21NO3S/c1-4-15(2,3)12-16-20(18,19)14-9-5-7-13(11-14)8-6-10-17/h5,7,9,11,16-17H,4,10,12H2,1-3H3. The Kier molecular flexibility index (Phi) is 5.75. The van der Waals surface area contributed by atoms with Gasteiger partial charge >= 0.3 is 0 Å². The Morgan fingerprint density at radius 3 is 2.65 bits per heavy atom. The number of hydrogen-bond donors (Lipinski definition) is 2. The molecule has 0 unspecified atom stereocenters. The Hall–Kier alpha value is -1.35. The number of nitrogens with one attached hydrogen (secondary N) is 1. The third-order valence-electron chi connectivity index (χ3n) is 3.15. The van der Waals surface area contributed by atoms with Gasteiger partial charge in [0.25, 0.3) is 0 Å². The molecule has 0 saturated carbocycles. The molecule has 110 valence electrons. The Morgan fingerprint density at radius 1 is 1.35 bits per heavy atom. The Labute approximate surface area is 121 Å². The van der Waals surface area contributed by atoms with Crippen molar-refractivity contribution >= 4 is 10.0 Å². The maximum Gasteiger partial charge on any atom is 0.240 e. The molecule has 0 fully saturated rings. The smallest absolute Gasteiger partial charge is 0.240 e. The van der Waals surface area contributed by atoms with Crippen LogP contribution in [-0.4, -0.2) is 26.7 Å². The van der Waals surface area contributed by atoms with Crippen molar-refractivity contribution in [2.75, 3.05) is 13.2 Å². The summed E-state index contributed by atoms with van der Waals surface area (Å²) in [5, 5.41) is 8.65. The van der Waals surface area contributed by atoms with Crippen LogP contribution in [-0.2, 0) is 10.0 Å². The van der Waals surface area contributed by atoms with Crippen LogP contribution in [0.15, 0.2) is 29.2 Å². The van der Waals surface area contributed by atoms with E-state index in [9.17, 15) is 8.42 Å². The fourth-order valence-corrected chi connectivity index (χ4v) is 2.67. The number of benzene rings is 1. The summed E-state index contributed by atoms with van der Waals surface area (Å²) < 4.78 is 27.0. The van der Waals surface area contributed by atoms with Crippen molar-refractivity contribution in [2.24, 2.45) is 5.41 Å². The van der Waals surface area contributed by atoms with Crippen LogP contribution in [0.4, 0.5) is 0 Å². The van der Waals surface area contributed by atoms with E-state index < -0.39 is 10.0 Å². The van der Waals surface area contributed by atoms with Gasteiger partial charge in [0, 0.05) is 12.1 Å². The molecule has 0 radical (unpaired) electrons. The average molecular weight is 295 g/mol. The minimum atomic E-state index is -3.53. The Balaban J connectivity index is 2.93. The molecule has 5 heteroatoms. The maximum absolute atomic E-state index is 12.2. The first kappa shape index (κ1) is 16.7. The van der Waals surface area contributed by atoms with E-state index in [1.165, 1.54) is 12.1 Å². The molecule has 0 spiro atoms. The van der Waals surface area contributed by atoms with Crippen LogP contribution in [0.25, 0.3) is 0 Å². The number of hydrogen-bond acceptors (Lipinski definition) is 3. The van der Waals surface area contributed by atoms with Gasteiger partial charge in [-0.25, -0.2) is 13.1 Å². The molecule has 1 aromatic carbocycles. The molecule has 0 heterocycles. The first-order valence-electron chi connectivity index (χ1n) is 6.50. The van der Waals surface area contributed by atoms with E-state index in [4.69, 9.17) is 5.11 Å². The van der Waals surface area contributed by atoms with E-state index in [1.807, 2.05) is 20.8 Å². The highest BCUT2D eigenvalue weighted by Crippen LogP contribution is 2.19. The quantitative estimate of drug-likeness (QED) is 0.813. The zero-order chi connectivity index (χ0) is 15.2. The lowest BCUT2D eigenvalue weighted by Crippen LogP contribution is -2.33. The molecular weight excluding hydrogens is 274 g/mol. The SMILES string of the molecule is CCC(C)(C)CNS(=O)(=O)c1cccc(C#CCO)c1. The van der Waals surface area contributed by atoms with Gasteiger partial charge in [0.1, 0.15) is 6.61 Å². The minimum absolute atomic E-state index is 0.0820. The molecule has 0 bridgehead atoms. The number of aliphatic hydroxyl groups excluding tert-OH is 1. The molecule has 2 N–H and O–H groups in total. The second-order valence-electron chi connectivity index (χ2n) is 5.33. The number of sulfonamides is 1. The topological polar surface area (TPSA) is 66.4 Å². The lowest BCUT2D eigenvalue weighted by molar-refractivity contribution is 0.350. The lowest BCUT2D eigenvalue weighted by atomic mass is 9.91. The summed E-state index contributed by atoms with van der Waals surface area (Å²) in [7, 11) is -3.53. The van der Waals surface area contributed by atoms with Crippen LogP contribution < -0.4 is 4.72 Å². The van der Waals surface area contributed by atoms with Crippen molar-refractivity contribution in [3.05, 3.63) is 29.8 Å². The van der Waals surface area contributed by atoms with Crippen LogP contribution in [0.2, 0.25) is 0 Å². The summed E-state index contributed by atoms with van der Waals surface area (Å²) in [4.78, 5) is 0.189.